The van der Waals surface area contributed by atoms with Crippen LogP contribution in [-0.2, 0) is 17.5 Å². The van der Waals surface area contributed by atoms with Crippen molar-refractivity contribution in [3.63, 3.8) is 0 Å². The van der Waals surface area contributed by atoms with Crippen LogP contribution in [-0.4, -0.2) is 9.97 Å². The Morgan fingerprint density at radius 1 is 1.32 bits per heavy atom. The highest BCUT2D eigenvalue weighted by atomic mass is 79.9. The molecule has 1 heterocycles. The summed E-state index contributed by atoms with van der Waals surface area (Å²) >= 11 is 4.85. The van der Waals surface area contributed by atoms with Crippen LogP contribution >= 0.6 is 27.7 Å². The molecule has 0 aliphatic rings. The predicted octanol–water partition coefficient (Wildman–Crippen LogP) is 4.37. The average molecular weight is 341 g/mol. The Morgan fingerprint density at radius 3 is 2.79 bits per heavy atom. The van der Waals surface area contributed by atoms with Crippen LogP contribution < -0.4 is 0 Å². The number of halogens is 2. The van der Waals surface area contributed by atoms with Gasteiger partial charge in [-0.2, -0.15) is 0 Å². The van der Waals surface area contributed by atoms with Gasteiger partial charge in [-0.1, -0.05) is 35.0 Å². The normalized spacial score (nSPS) is 10.7. The molecule has 0 spiro atoms. The van der Waals surface area contributed by atoms with E-state index in [9.17, 15) is 4.39 Å². The lowest BCUT2D eigenvalue weighted by molar-refractivity contribution is 0.602. The standard InChI is InChI=1S/C14H14BrFN2S/c1-2-12-10(7-15)8-17-14(18-12)9-19-13-6-4-3-5-11(13)16/h3-6,8H,2,7,9H2,1H3. The molecule has 1 aromatic heterocycles. The molecule has 2 aromatic rings. The Hall–Kier alpha value is -0.940. The maximum Gasteiger partial charge on any atom is 0.138 e. The Labute approximate surface area is 125 Å². The summed E-state index contributed by atoms with van der Waals surface area (Å²) in [6.07, 6.45) is 2.72. The maximum absolute atomic E-state index is 13.5. The number of benzene rings is 1. The molecule has 0 saturated heterocycles. The molecule has 0 bridgehead atoms. The van der Waals surface area contributed by atoms with Gasteiger partial charge in [0.15, 0.2) is 0 Å². The summed E-state index contributed by atoms with van der Waals surface area (Å²) in [6, 6.07) is 6.76. The summed E-state index contributed by atoms with van der Waals surface area (Å²) in [5.74, 6) is 1.13. The average Bonchev–Trinajstić information content (AvgIpc) is 2.46. The van der Waals surface area contributed by atoms with Crippen molar-refractivity contribution in [1.82, 2.24) is 9.97 Å². The van der Waals surface area contributed by atoms with E-state index in [0.717, 1.165) is 28.8 Å². The number of thioether (sulfide) groups is 1. The molecule has 19 heavy (non-hydrogen) atoms. The van der Waals surface area contributed by atoms with Crippen LogP contribution in [0.1, 0.15) is 24.0 Å². The first-order valence-corrected chi connectivity index (χ1v) is 8.12. The molecule has 0 N–H and O–H groups in total. The third-order valence-corrected chi connectivity index (χ3v) is 4.33. The Kier molecular flexibility index (Phi) is 5.34. The number of aryl methyl sites for hydroxylation is 1. The fourth-order valence-corrected chi connectivity index (χ4v) is 2.95. The van der Waals surface area contributed by atoms with E-state index in [-0.39, 0.29) is 5.82 Å². The van der Waals surface area contributed by atoms with Crippen LogP contribution in [0, 0.1) is 5.82 Å². The lowest BCUT2D eigenvalue weighted by atomic mass is 10.2. The van der Waals surface area contributed by atoms with Gasteiger partial charge in [0.25, 0.3) is 0 Å². The first-order chi connectivity index (χ1) is 9.24. The molecular formula is C14H14BrFN2S. The number of hydrogen-bond acceptors (Lipinski definition) is 3. The van der Waals surface area contributed by atoms with E-state index in [1.165, 1.54) is 17.8 Å². The van der Waals surface area contributed by atoms with Gasteiger partial charge in [-0.3, -0.25) is 0 Å². The minimum Gasteiger partial charge on any atom is -0.240 e. The summed E-state index contributed by atoms with van der Waals surface area (Å²) in [5.41, 5.74) is 2.16. The zero-order chi connectivity index (χ0) is 13.7. The van der Waals surface area contributed by atoms with Gasteiger partial charge in [0.2, 0.25) is 0 Å². The fourth-order valence-electron chi connectivity index (χ4n) is 1.67. The second kappa shape index (κ2) is 7.01. The van der Waals surface area contributed by atoms with Crippen molar-refractivity contribution >= 4 is 27.7 Å². The lowest BCUT2D eigenvalue weighted by Crippen LogP contribution is -2.01. The topological polar surface area (TPSA) is 25.8 Å². The summed E-state index contributed by atoms with van der Waals surface area (Å²) in [6.45, 7) is 2.07. The van der Waals surface area contributed by atoms with Crippen LogP contribution in [0.5, 0.6) is 0 Å². The molecule has 2 rings (SSSR count). The number of alkyl halides is 1. The molecule has 5 heteroatoms. The first-order valence-electron chi connectivity index (χ1n) is 6.01. The number of aromatic nitrogens is 2. The third-order valence-electron chi connectivity index (χ3n) is 2.68. The van der Waals surface area contributed by atoms with E-state index < -0.39 is 0 Å². The molecule has 0 saturated carbocycles. The molecule has 0 radical (unpaired) electrons. The van der Waals surface area contributed by atoms with Crippen LogP contribution in [0.2, 0.25) is 0 Å². The number of nitrogens with zero attached hydrogens (tertiary/aromatic N) is 2. The molecule has 0 unspecified atom stereocenters. The van der Waals surface area contributed by atoms with Crippen molar-refractivity contribution in [2.75, 3.05) is 0 Å². The zero-order valence-electron chi connectivity index (χ0n) is 10.6. The monoisotopic (exact) mass is 340 g/mol. The highest BCUT2D eigenvalue weighted by molar-refractivity contribution is 9.08. The SMILES string of the molecule is CCc1nc(CSc2ccccc2F)ncc1CBr. The molecule has 0 atom stereocenters. The van der Waals surface area contributed by atoms with E-state index in [0.29, 0.717) is 10.6 Å². The van der Waals surface area contributed by atoms with Crippen molar-refractivity contribution in [3.05, 3.63) is 53.4 Å². The van der Waals surface area contributed by atoms with E-state index in [2.05, 4.69) is 32.8 Å². The largest absolute Gasteiger partial charge is 0.240 e. The summed E-state index contributed by atoms with van der Waals surface area (Å²) in [7, 11) is 0. The number of rotatable bonds is 5. The van der Waals surface area contributed by atoms with Crippen LogP contribution in [0.15, 0.2) is 35.4 Å². The van der Waals surface area contributed by atoms with Gasteiger partial charge in [-0.15, -0.1) is 11.8 Å². The molecule has 0 aliphatic carbocycles. The Balaban J connectivity index is 2.10. The number of hydrogen-bond donors (Lipinski definition) is 0. The maximum atomic E-state index is 13.5. The third kappa shape index (κ3) is 3.76. The van der Waals surface area contributed by atoms with Crippen LogP contribution in [0.4, 0.5) is 4.39 Å². The van der Waals surface area contributed by atoms with Crippen LogP contribution in [0.25, 0.3) is 0 Å². The van der Waals surface area contributed by atoms with Crippen molar-refractivity contribution in [3.8, 4) is 0 Å². The van der Waals surface area contributed by atoms with Gasteiger partial charge in [0.1, 0.15) is 11.6 Å². The van der Waals surface area contributed by atoms with Gasteiger partial charge in [0, 0.05) is 27.7 Å². The van der Waals surface area contributed by atoms with Crippen molar-refractivity contribution < 1.29 is 4.39 Å². The first kappa shape index (κ1) is 14.5. The molecule has 1 aromatic carbocycles. The predicted molar refractivity (Wildman–Crippen MR) is 80.0 cm³/mol. The lowest BCUT2D eigenvalue weighted by Gasteiger charge is -2.07. The summed E-state index contributed by atoms with van der Waals surface area (Å²) in [5, 5.41) is 0.761. The van der Waals surface area contributed by atoms with Crippen molar-refractivity contribution in [2.24, 2.45) is 0 Å². The minimum atomic E-state index is -0.194. The fraction of sp³-hybridized carbons (Fsp3) is 0.286. The summed E-state index contributed by atoms with van der Waals surface area (Å²) < 4.78 is 13.5. The molecule has 100 valence electrons. The van der Waals surface area contributed by atoms with E-state index >= 15 is 0 Å². The van der Waals surface area contributed by atoms with Gasteiger partial charge in [-0.05, 0) is 18.6 Å². The van der Waals surface area contributed by atoms with Gasteiger partial charge < -0.3 is 0 Å². The Morgan fingerprint density at radius 2 is 2.11 bits per heavy atom. The van der Waals surface area contributed by atoms with Gasteiger partial charge in [0.05, 0.1) is 5.75 Å². The molecule has 0 fully saturated rings. The second-order valence-electron chi connectivity index (χ2n) is 3.96. The van der Waals surface area contributed by atoms with E-state index in [4.69, 9.17) is 0 Å². The molecule has 0 aliphatic heterocycles. The van der Waals surface area contributed by atoms with E-state index in [1.807, 2.05) is 12.3 Å². The zero-order valence-corrected chi connectivity index (χ0v) is 13.0. The summed E-state index contributed by atoms with van der Waals surface area (Å²) in [4.78, 5) is 9.47. The van der Waals surface area contributed by atoms with Crippen molar-refractivity contribution in [1.29, 1.82) is 0 Å². The smallest absolute Gasteiger partial charge is 0.138 e. The van der Waals surface area contributed by atoms with Gasteiger partial charge >= 0.3 is 0 Å². The van der Waals surface area contributed by atoms with Crippen molar-refractivity contribution in [2.45, 2.75) is 29.3 Å². The highest BCUT2D eigenvalue weighted by Crippen LogP contribution is 2.24. The molecule has 2 nitrogen and oxygen atoms in total. The highest BCUT2D eigenvalue weighted by Gasteiger charge is 2.07. The molecular weight excluding hydrogens is 327 g/mol. The molecule has 0 amide bonds. The van der Waals surface area contributed by atoms with Crippen LogP contribution in [0.3, 0.4) is 0 Å². The minimum absolute atomic E-state index is 0.194. The quantitative estimate of drug-likeness (QED) is 0.597. The second-order valence-corrected chi connectivity index (χ2v) is 5.54. The van der Waals surface area contributed by atoms with E-state index in [1.54, 1.807) is 12.1 Å². The Bertz CT molecular complexity index is 563. The van der Waals surface area contributed by atoms with Gasteiger partial charge in [-0.25, -0.2) is 14.4 Å².